The number of carbonyl (C=O) groups is 3. The maximum atomic E-state index is 13.3. The molecule has 2 aromatic carbocycles. The van der Waals surface area contributed by atoms with Crippen LogP contribution in [0.3, 0.4) is 0 Å². The van der Waals surface area contributed by atoms with Crippen molar-refractivity contribution in [2.24, 2.45) is 0 Å². The highest BCUT2D eigenvalue weighted by atomic mass is 35.5. The van der Waals surface area contributed by atoms with Crippen LogP contribution in [-0.2, 0) is 15.1 Å². The molecule has 1 fully saturated rings. The summed E-state index contributed by atoms with van der Waals surface area (Å²) in [4.78, 5) is 38.7. The van der Waals surface area contributed by atoms with Crippen molar-refractivity contribution in [2.75, 3.05) is 11.9 Å². The Morgan fingerprint density at radius 2 is 1.97 bits per heavy atom. The first-order chi connectivity index (χ1) is 13.8. The molecule has 7 nitrogen and oxygen atoms in total. The number of nitrogens with zero attached hydrogens (tertiary/aromatic N) is 2. The molecular weight excluding hydrogens is 399 g/mol. The third-order valence-electron chi connectivity index (χ3n) is 4.72. The SMILES string of the molecule is CCC1(c2ccc(F)cc2)NC(=O)N(CC(=O)Nc2cc(Cl)ccc2C#N)C1=O. The van der Waals surface area contributed by atoms with E-state index >= 15 is 0 Å². The molecule has 0 radical (unpaired) electrons. The molecule has 9 heteroatoms. The summed E-state index contributed by atoms with van der Waals surface area (Å²) in [5, 5.41) is 14.6. The fourth-order valence-corrected chi connectivity index (χ4v) is 3.37. The minimum atomic E-state index is -1.38. The van der Waals surface area contributed by atoms with Crippen LogP contribution in [0.4, 0.5) is 14.9 Å². The number of carbonyl (C=O) groups excluding carboxylic acids is 3. The molecule has 2 aromatic rings. The van der Waals surface area contributed by atoms with Crippen molar-refractivity contribution in [1.29, 1.82) is 5.26 Å². The van der Waals surface area contributed by atoms with E-state index in [9.17, 15) is 18.8 Å². The first-order valence-corrected chi connectivity index (χ1v) is 9.08. The van der Waals surface area contributed by atoms with Crippen molar-refractivity contribution < 1.29 is 18.8 Å². The Hall–Kier alpha value is -3.44. The average molecular weight is 415 g/mol. The van der Waals surface area contributed by atoms with Gasteiger partial charge < -0.3 is 10.6 Å². The van der Waals surface area contributed by atoms with E-state index in [1.54, 1.807) is 6.92 Å². The molecule has 4 amide bonds. The van der Waals surface area contributed by atoms with E-state index in [0.717, 1.165) is 4.90 Å². The van der Waals surface area contributed by atoms with E-state index in [-0.39, 0.29) is 17.7 Å². The number of amides is 4. The Morgan fingerprint density at radius 3 is 2.59 bits per heavy atom. The molecule has 0 bridgehead atoms. The molecule has 1 aliphatic rings. The molecule has 0 aliphatic carbocycles. The quantitative estimate of drug-likeness (QED) is 0.733. The lowest BCUT2D eigenvalue weighted by Crippen LogP contribution is -2.44. The molecule has 2 N–H and O–H groups in total. The number of rotatable bonds is 5. The third kappa shape index (κ3) is 3.77. The Bertz CT molecular complexity index is 1040. The largest absolute Gasteiger partial charge is 0.325 e. The van der Waals surface area contributed by atoms with E-state index in [0.29, 0.717) is 10.6 Å². The van der Waals surface area contributed by atoms with Crippen LogP contribution >= 0.6 is 11.6 Å². The fourth-order valence-electron chi connectivity index (χ4n) is 3.19. The average Bonchev–Trinajstić information content (AvgIpc) is 2.94. The second-order valence-corrected chi connectivity index (χ2v) is 6.87. The number of urea groups is 1. The Kier molecular flexibility index (Phi) is 5.52. The molecular formula is C20H16ClFN4O3. The van der Waals surface area contributed by atoms with Crippen molar-refractivity contribution in [1.82, 2.24) is 10.2 Å². The molecule has 148 valence electrons. The van der Waals surface area contributed by atoms with E-state index in [4.69, 9.17) is 16.9 Å². The summed E-state index contributed by atoms with van der Waals surface area (Å²) in [6, 6.07) is 10.8. The number of benzene rings is 2. The molecule has 0 spiro atoms. The summed E-state index contributed by atoms with van der Waals surface area (Å²) in [5.41, 5.74) is -0.588. The van der Waals surface area contributed by atoms with Gasteiger partial charge in [0.15, 0.2) is 0 Å². The number of hydrogen-bond acceptors (Lipinski definition) is 4. The highest BCUT2D eigenvalue weighted by Crippen LogP contribution is 2.32. The van der Waals surface area contributed by atoms with Gasteiger partial charge in [0.05, 0.1) is 11.3 Å². The number of imide groups is 1. The van der Waals surface area contributed by atoms with Crippen molar-refractivity contribution in [3.05, 3.63) is 64.4 Å². The van der Waals surface area contributed by atoms with E-state index < -0.39 is 35.7 Å². The second kappa shape index (κ2) is 7.89. The highest BCUT2D eigenvalue weighted by Gasteiger charge is 2.51. The predicted octanol–water partition coefficient (Wildman–Crippen LogP) is 3.15. The molecule has 1 saturated heterocycles. The molecule has 3 rings (SSSR count). The molecule has 1 unspecified atom stereocenters. The first kappa shape index (κ1) is 20.3. The normalized spacial score (nSPS) is 18.3. The van der Waals surface area contributed by atoms with Crippen molar-refractivity contribution in [3.63, 3.8) is 0 Å². The van der Waals surface area contributed by atoms with Crippen molar-refractivity contribution >= 4 is 35.1 Å². The van der Waals surface area contributed by atoms with Gasteiger partial charge in [0.25, 0.3) is 5.91 Å². The van der Waals surface area contributed by atoms with Crippen LogP contribution in [0.5, 0.6) is 0 Å². The maximum Gasteiger partial charge on any atom is 0.325 e. The minimum absolute atomic E-state index is 0.178. The summed E-state index contributed by atoms with van der Waals surface area (Å²) in [6.07, 6.45) is 0.216. The number of halogens is 2. The molecule has 1 aliphatic heterocycles. The lowest BCUT2D eigenvalue weighted by molar-refractivity contribution is -0.134. The Morgan fingerprint density at radius 1 is 1.28 bits per heavy atom. The second-order valence-electron chi connectivity index (χ2n) is 6.44. The number of nitrogens with one attached hydrogen (secondary N) is 2. The van der Waals surface area contributed by atoms with Gasteiger partial charge in [0.1, 0.15) is 24.0 Å². The lowest BCUT2D eigenvalue weighted by Gasteiger charge is -2.25. The summed E-state index contributed by atoms with van der Waals surface area (Å²) < 4.78 is 13.3. The zero-order valence-corrected chi connectivity index (χ0v) is 16.1. The molecule has 0 saturated carbocycles. The number of nitriles is 1. The van der Waals surface area contributed by atoms with Gasteiger partial charge in [-0.25, -0.2) is 9.18 Å². The summed E-state index contributed by atoms with van der Waals surface area (Å²) in [7, 11) is 0. The van der Waals surface area contributed by atoms with Crippen LogP contribution in [0.25, 0.3) is 0 Å². The first-order valence-electron chi connectivity index (χ1n) is 8.70. The number of anilines is 1. The third-order valence-corrected chi connectivity index (χ3v) is 4.96. The zero-order chi connectivity index (χ0) is 21.2. The van der Waals surface area contributed by atoms with Crippen molar-refractivity contribution in [2.45, 2.75) is 18.9 Å². The van der Waals surface area contributed by atoms with Crippen LogP contribution in [0.1, 0.15) is 24.5 Å². The Balaban J connectivity index is 1.81. The van der Waals surface area contributed by atoms with Gasteiger partial charge in [0.2, 0.25) is 5.91 Å². The van der Waals surface area contributed by atoms with Gasteiger partial charge in [-0.05, 0) is 42.3 Å². The monoisotopic (exact) mass is 414 g/mol. The zero-order valence-electron chi connectivity index (χ0n) is 15.3. The lowest BCUT2D eigenvalue weighted by atomic mass is 9.87. The topological polar surface area (TPSA) is 102 Å². The summed E-state index contributed by atoms with van der Waals surface area (Å²) in [6.45, 7) is 1.15. The molecule has 29 heavy (non-hydrogen) atoms. The summed E-state index contributed by atoms with van der Waals surface area (Å²) >= 11 is 5.89. The molecule has 1 heterocycles. The summed E-state index contributed by atoms with van der Waals surface area (Å²) in [5.74, 6) is -1.75. The van der Waals surface area contributed by atoms with Crippen molar-refractivity contribution in [3.8, 4) is 6.07 Å². The minimum Gasteiger partial charge on any atom is -0.323 e. The van der Waals surface area contributed by atoms with Crippen LogP contribution < -0.4 is 10.6 Å². The standard InChI is InChI=1S/C20H16ClFN4O3/c1-2-20(13-4-7-15(22)8-5-13)18(28)26(19(29)25-20)11-17(27)24-16-9-14(21)6-3-12(16)10-23/h3-9H,2,11H2,1H3,(H,24,27)(H,25,29). The van der Waals surface area contributed by atoms with Gasteiger partial charge in [-0.3, -0.25) is 14.5 Å². The van der Waals surface area contributed by atoms with E-state index in [1.807, 2.05) is 6.07 Å². The Labute approximate surface area is 171 Å². The van der Waals surface area contributed by atoms with Gasteiger partial charge in [-0.2, -0.15) is 5.26 Å². The van der Waals surface area contributed by atoms with E-state index in [2.05, 4.69) is 10.6 Å². The van der Waals surface area contributed by atoms with Crippen LogP contribution in [0.15, 0.2) is 42.5 Å². The van der Waals surface area contributed by atoms with Crippen LogP contribution in [0, 0.1) is 17.1 Å². The van der Waals surface area contributed by atoms with Gasteiger partial charge in [-0.1, -0.05) is 30.7 Å². The van der Waals surface area contributed by atoms with Gasteiger partial charge >= 0.3 is 6.03 Å². The number of hydrogen-bond donors (Lipinski definition) is 2. The van der Waals surface area contributed by atoms with Gasteiger partial charge in [0, 0.05) is 5.02 Å². The molecule has 1 atom stereocenters. The van der Waals surface area contributed by atoms with Crippen LogP contribution in [0.2, 0.25) is 5.02 Å². The van der Waals surface area contributed by atoms with E-state index in [1.165, 1.54) is 42.5 Å². The van der Waals surface area contributed by atoms with Crippen LogP contribution in [-0.4, -0.2) is 29.3 Å². The predicted molar refractivity (Wildman–Crippen MR) is 103 cm³/mol. The smallest absolute Gasteiger partial charge is 0.323 e. The maximum absolute atomic E-state index is 13.3. The highest BCUT2D eigenvalue weighted by molar-refractivity contribution is 6.31. The fraction of sp³-hybridized carbons (Fsp3) is 0.200. The van der Waals surface area contributed by atoms with Gasteiger partial charge in [-0.15, -0.1) is 0 Å². The molecule has 0 aromatic heterocycles.